The second-order valence-electron chi connectivity index (χ2n) is 3.52. The summed E-state index contributed by atoms with van der Waals surface area (Å²) in [4.78, 5) is 12.8. The third-order valence-electron chi connectivity index (χ3n) is 2.35. The standard InChI is InChI=1S/C11H13N3O2S2/c1-16-11(15)8-9(12)14-18-10(8)13-5-4-7-3-2-6-17-7/h2-3,6,13H,4-5H2,1H3,(H2,12,14). The number of anilines is 2. The van der Waals surface area contributed by atoms with Crippen LogP contribution in [0.25, 0.3) is 0 Å². The zero-order chi connectivity index (χ0) is 13.0. The summed E-state index contributed by atoms with van der Waals surface area (Å²) in [6.07, 6.45) is 0.899. The summed E-state index contributed by atoms with van der Waals surface area (Å²) in [5.74, 6) is -0.245. The van der Waals surface area contributed by atoms with Crippen LogP contribution in [0.15, 0.2) is 17.5 Å². The van der Waals surface area contributed by atoms with Crippen LogP contribution < -0.4 is 11.1 Å². The smallest absolute Gasteiger partial charge is 0.344 e. The van der Waals surface area contributed by atoms with Crippen molar-refractivity contribution in [2.45, 2.75) is 6.42 Å². The molecule has 0 unspecified atom stereocenters. The minimum Gasteiger partial charge on any atom is -0.465 e. The monoisotopic (exact) mass is 283 g/mol. The predicted octanol–water partition coefficient (Wildman–Crippen LogP) is 2.23. The highest BCUT2D eigenvalue weighted by molar-refractivity contribution is 7.11. The summed E-state index contributed by atoms with van der Waals surface area (Å²) in [7, 11) is 1.33. The number of nitrogens with two attached hydrogens (primary N) is 1. The molecule has 0 amide bonds. The lowest BCUT2D eigenvalue weighted by molar-refractivity contribution is 0.0603. The van der Waals surface area contributed by atoms with E-state index in [1.165, 1.54) is 23.5 Å². The molecule has 5 nitrogen and oxygen atoms in total. The molecule has 2 aromatic heterocycles. The number of rotatable bonds is 5. The summed E-state index contributed by atoms with van der Waals surface area (Å²) in [6.45, 7) is 0.728. The van der Waals surface area contributed by atoms with Crippen molar-refractivity contribution in [3.8, 4) is 0 Å². The quantitative estimate of drug-likeness (QED) is 0.823. The minimum atomic E-state index is -0.458. The fraction of sp³-hybridized carbons (Fsp3) is 0.273. The topological polar surface area (TPSA) is 77.2 Å². The number of nitrogens with zero attached hydrogens (tertiary/aromatic N) is 1. The highest BCUT2D eigenvalue weighted by Crippen LogP contribution is 2.27. The minimum absolute atomic E-state index is 0.213. The van der Waals surface area contributed by atoms with Crippen molar-refractivity contribution in [2.24, 2.45) is 0 Å². The Labute approximate surface area is 113 Å². The van der Waals surface area contributed by atoms with E-state index < -0.39 is 5.97 Å². The fourth-order valence-electron chi connectivity index (χ4n) is 1.48. The number of nitrogen functional groups attached to an aromatic ring is 1. The lowest BCUT2D eigenvalue weighted by atomic mass is 10.3. The van der Waals surface area contributed by atoms with Gasteiger partial charge in [-0.05, 0) is 29.4 Å². The van der Waals surface area contributed by atoms with Gasteiger partial charge in [0.15, 0.2) is 5.82 Å². The van der Waals surface area contributed by atoms with Crippen LogP contribution in [0.5, 0.6) is 0 Å². The van der Waals surface area contributed by atoms with Crippen molar-refractivity contribution >= 4 is 39.7 Å². The Morgan fingerprint density at radius 2 is 2.44 bits per heavy atom. The number of esters is 1. The van der Waals surface area contributed by atoms with E-state index in [4.69, 9.17) is 5.73 Å². The van der Waals surface area contributed by atoms with Gasteiger partial charge in [-0.3, -0.25) is 0 Å². The highest BCUT2D eigenvalue weighted by atomic mass is 32.1. The van der Waals surface area contributed by atoms with Gasteiger partial charge in [0.05, 0.1) is 7.11 Å². The van der Waals surface area contributed by atoms with Gasteiger partial charge in [0.25, 0.3) is 0 Å². The molecule has 96 valence electrons. The Balaban J connectivity index is 1.99. The molecule has 2 rings (SSSR count). The predicted molar refractivity (Wildman–Crippen MR) is 74.4 cm³/mol. The van der Waals surface area contributed by atoms with Gasteiger partial charge in [0.1, 0.15) is 10.6 Å². The van der Waals surface area contributed by atoms with Crippen LogP contribution in [-0.4, -0.2) is 24.0 Å². The van der Waals surface area contributed by atoms with E-state index >= 15 is 0 Å². The second-order valence-corrected chi connectivity index (χ2v) is 5.33. The summed E-state index contributed by atoms with van der Waals surface area (Å²) < 4.78 is 8.64. The van der Waals surface area contributed by atoms with Crippen LogP contribution >= 0.6 is 22.9 Å². The van der Waals surface area contributed by atoms with Crippen molar-refractivity contribution in [3.63, 3.8) is 0 Å². The van der Waals surface area contributed by atoms with Gasteiger partial charge in [-0.2, -0.15) is 4.37 Å². The largest absolute Gasteiger partial charge is 0.465 e. The maximum absolute atomic E-state index is 11.5. The molecule has 0 aliphatic heterocycles. The number of carbonyl (C=O) groups excluding carboxylic acids is 1. The first-order valence-electron chi connectivity index (χ1n) is 5.32. The van der Waals surface area contributed by atoms with E-state index in [0.717, 1.165) is 13.0 Å². The SMILES string of the molecule is COC(=O)c1c(N)nsc1NCCc1cccs1. The van der Waals surface area contributed by atoms with Crippen LogP contribution in [0.3, 0.4) is 0 Å². The van der Waals surface area contributed by atoms with Gasteiger partial charge >= 0.3 is 5.97 Å². The Kier molecular flexibility index (Phi) is 4.16. The van der Waals surface area contributed by atoms with Gasteiger partial charge < -0.3 is 15.8 Å². The Morgan fingerprint density at radius 1 is 1.61 bits per heavy atom. The molecule has 18 heavy (non-hydrogen) atoms. The average Bonchev–Trinajstić information content (AvgIpc) is 2.99. The first-order chi connectivity index (χ1) is 8.72. The molecule has 0 radical (unpaired) electrons. The molecular formula is C11H13N3O2S2. The van der Waals surface area contributed by atoms with Crippen molar-refractivity contribution in [2.75, 3.05) is 24.7 Å². The van der Waals surface area contributed by atoms with Gasteiger partial charge in [-0.15, -0.1) is 11.3 Å². The lowest BCUT2D eigenvalue weighted by Crippen LogP contribution is -2.09. The molecule has 0 atom stereocenters. The van der Waals surface area contributed by atoms with E-state index in [1.54, 1.807) is 11.3 Å². The van der Waals surface area contributed by atoms with Gasteiger partial charge in [-0.1, -0.05) is 6.07 Å². The summed E-state index contributed by atoms with van der Waals surface area (Å²) >= 11 is 2.88. The number of aromatic nitrogens is 1. The average molecular weight is 283 g/mol. The Hall–Kier alpha value is -1.60. The fourth-order valence-corrected chi connectivity index (χ4v) is 2.91. The molecule has 0 saturated carbocycles. The first-order valence-corrected chi connectivity index (χ1v) is 6.97. The number of thiophene rings is 1. The third-order valence-corrected chi connectivity index (χ3v) is 4.10. The number of hydrogen-bond acceptors (Lipinski definition) is 7. The first kappa shape index (κ1) is 12.8. The number of methoxy groups -OCH3 is 1. The zero-order valence-electron chi connectivity index (χ0n) is 9.80. The van der Waals surface area contributed by atoms with Gasteiger partial charge in [-0.25, -0.2) is 4.79 Å². The zero-order valence-corrected chi connectivity index (χ0v) is 11.4. The normalized spacial score (nSPS) is 10.3. The van der Waals surface area contributed by atoms with E-state index in [-0.39, 0.29) is 5.82 Å². The van der Waals surface area contributed by atoms with Crippen LogP contribution in [0.2, 0.25) is 0 Å². The van der Waals surface area contributed by atoms with Crippen LogP contribution in [0, 0.1) is 0 Å². The van der Waals surface area contributed by atoms with E-state index in [1.807, 2.05) is 11.4 Å². The molecular weight excluding hydrogens is 270 g/mol. The van der Waals surface area contributed by atoms with E-state index in [9.17, 15) is 4.79 Å². The molecule has 0 fully saturated rings. The van der Waals surface area contributed by atoms with Crippen molar-refractivity contribution < 1.29 is 9.53 Å². The molecule has 0 aliphatic rings. The number of hydrogen-bond donors (Lipinski definition) is 2. The number of carbonyl (C=O) groups is 1. The van der Waals surface area contributed by atoms with E-state index in [2.05, 4.69) is 20.5 Å². The number of ether oxygens (including phenoxy) is 1. The third kappa shape index (κ3) is 2.80. The Morgan fingerprint density at radius 3 is 3.11 bits per heavy atom. The highest BCUT2D eigenvalue weighted by Gasteiger charge is 2.19. The Bertz CT molecular complexity index is 522. The maximum atomic E-state index is 11.5. The van der Waals surface area contributed by atoms with Gasteiger partial charge in [0, 0.05) is 11.4 Å². The molecule has 7 heteroatoms. The van der Waals surface area contributed by atoms with Gasteiger partial charge in [0.2, 0.25) is 0 Å². The molecule has 3 N–H and O–H groups in total. The molecule has 0 saturated heterocycles. The van der Waals surface area contributed by atoms with Crippen LogP contribution in [0.4, 0.5) is 10.8 Å². The molecule has 0 aliphatic carbocycles. The van der Waals surface area contributed by atoms with Crippen molar-refractivity contribution in [3.05, 3.63) is 28.0 Å². The van der Waals surface area contributed by atoms with Crippen LogP contribution in [0.1, 0.15) is 15.2 Å². The molecule has 2 aromatic rings. The molecule has 0 spiro atoms. The second kappa shape index (κ2) is 5.83. The van der Waals surface area contributed by atoms with Crippen molar-refractivity contribution in [1.82, 2.24) is 4.37 Å². The summed E-state index contributed by atoms with van der Waals surface area (Å²) in [5.41, 5.74) is 5.97. The van der Waals surface area contributed by atoms with Crippen molar-refractivity contribution in [1.29, 1.82) is 0 Å². The number of nitrogens with one attached hydrogen (secondary N) is 1. The summed E-state index contributed by atoms with van der Waals surface area (Å²) in [5, 5.41) is 5.87. The molecule has 0 aromatic carbocycles. The molecule has 0 bridgehead atoms. The van der Waals surface area contributed by atoms with Crippen LogP contribution in [-0.2, 0) is 11.2 Å². The lowest BCUT2D eigenvalue weighted by Gasteiger charge is -2.04. The summed E-state index contributed by atoms with van der Waals surface area (Å²) in [6, 6.07) is 4.10. The molecule has 2 heterocycles. The van der Waals surface area contributed by atoms with E-state index in [0.29, 0.717) is 10.6 Å². The maximum Gasteiger partial charge on any atom is 0.344 e.